The average Bonchev–Trinajstić information content (AvgIpc) is 3.10. The van der Waals surface area contributed by atoms with Crippen molar-refractivity contribution >= 4 is 23.2 Å². The summed E-state index contributed by atoms with van der Waals surface area (Å²) in [5, 5.41) is 12.7. The van der Waals surface area contributed by atoms with Crippen LogP contribution in [0.15, 0.2) is 36.4 Å². The minimum atomic E-state index is -1.09. The lowest BCUT2D eigenvalue weighted by Gasteiger charge is -2.11. The Labute approximate surface area is 176 Å². The van der Waals surface area contributed by atoms with Gasteiger partial charge in [-0.05, 0) is 31.2 Å². The molecular formula is C20H19F2N5O4. The summed E-state index contributed by atoms with van der Waals surface area (Å²) in [5.74, 6) is -2.23. The van der Waals surface area contributed by atoms with Gasteiger partial charge in [0.15, 0.2) is 28.8 Å². The van der Waals surface area contributed by atoms with E-state index in [0.717, 1.165) is 12.1 Å². The number of aromatic nitrogens is 3. The van der Waals surface area contributed by atoms with Crippen LogP contribution in [-0.2, 0) is 11.3 Å². The highest BCUT2D eigenvalue weighted by Crippen LogP contribution is 2.29. The van der Waals surface area contributed by atoms with Crippen molar-refractivity contribution in [2.75, 3.05) is 24.9 Å². The summed E-state index contributed by atoms with van der Waals surface area (Å²) in [4.78, 5) is 24.8. The van der Waals surface area contributed by atoms with Crippen LogP contribution in [0.5, 0.6) is 11.5 Å². The minimum Gasteiger partial charge on any atom is -0.493 e. The Morgan fingerprint density at radius 1 is 0.968 bits per heavy atom. The Kier molecular flexibility index (Phi) is 6.43. The monoisotopic (exact) mass is 431 g/mol. The van der Waals surface area contributed by atoms with Gasteiger partial charge in [0, 0.05) is 23.5 Å². The van der Waals surface area contributed by atoms with E-state index in [0.29, 0.717) is 22.9 Å². The number of hydrogen-bond acceptors (Lipinski definition) is 6. The lowest BCUT2D eigenvalue weighted by molar-refractivity contribution is -0.117. The number of nitrogens with one attached hydrogen (secondary N) is 2. The highest BCUT2D eigenvalue weighted by Gasteiger charge is 2.19. The van der Waals surface area contributed by atoms with Gasteiger partial charge in [-0.15, -0.1) is 5.10 Å². The Bertz CT molecular complexity index is 1130. The van der Waals surface area contributed by atoms with Crippen molar-refractivity contribution < 1.29 is 27.8 Å². The largest absolute Gasteiger partial charge is 0.493 e. The maximum atomic E-state index is 13.3. The fraction of sp³-hybridized carbons (Fsp3) is 0.200. The minimum absolute atomic E-state index is 0.0522. The smallest absolute Gasteiger partial charge is 0.278 e. The molecule has 0 radical (unpaired) electrons. The van der Waals surface area contributed by atoms with Crippen LogP contribution in [0.2, 0.25) is 0 Å². The molecule has 0 fully saturated rings. The van der Waals surface area contributed by atoms with Gasteiger partial charge in [-0.1, -0.05) is 5.21 Å². The van der Waals surface area contributed by atoms with Crippen molar-refractivity contribution in [3.8, 4) is 11.5 Å². The summed E-state index contributed by atoms with van der Waals surface area (Å²) < 4.78 is 37.9. The fourth-order valence-electron chi connectivity index (χ4n) is 2.74. The number of amides is 2. The molecule has 0 aliphatic rings. The van der Waals surface area contributed by atoms with Gasteiger partial charge in [-0.3, -0.25) is 9.59 Å². The first-order valence-corrected chi connectivity index (χ1v) is 9.00. The quantitative estimate of drug-likeness (QED) is 0.596. The topological polar surface area (TPSA) is 107 Å². The summed E-state index contributed by atoms with van der Waals surface area (Å²) in [7, 11) is 2.99. The molecule has 0 saturated heterocycles. The van der Waals surface area contributed by atoms with Gasteiger partial charge in [0.2, 0.25) is 5.91 Å². The van der Waals surface area contributed by atoms with Crippen LogP contribution in [0.1, 0.15) is 16.2 Å². The molecule has 1 heterocycles. The second-order valence-electron chi connectivity index (χ2n) is 6.38. The Balaban J connectivity index is 1.67. The first-order chi connectivity index (χ1) is 14.8. The molecule has 2 aromatic carbocycles. The van der Waals surface area contributed by atoms with Gasteiger partial charge in [-0.2, -0.15) is 0 Å². The van der Waals surface area contributed by atoms with Gasteiger partial charge in [0.05, 0.1) is 19.9 Å². The summed E-state index contributed by atoms with van der Waals surface area (Å²) >= 11 is 0. The zero-order chi connectivity index (χ0) is 22.5. The molecule has 3 aromatic rings. The van der Waals surface area contributed by atoms with Crippen molar-refractivity contribution in [3.05, 3.63) is 59.4 Å². The zero-order valence-corrected chi connectivity index (χ0v) is 16.9. The maximum Gasteiger partial charge on any atom is 0.278 e. The molecule has 0 saturated carbocycles. The SMILES string of the molecule is COc1ccc(NC(=O)Cn2nnc(C(=O)Nc3ccc(F)c(F)c3)c2C)cc1OC. The van der Waals surface area contributed by atoms with Crippen LogP contribution in [-0.4, -0.2) is 41.0 Å². The standard InChI is InChI=1S/C20H19F2N5O4/c1-11-19(20(29)24-12-4-6-14(21)15(22)8-12)25-26-27(11)10-18(28)23-13-5-7-16(30-2)17(9-13)31-3/h4-9H,10H2,1-3H3,(H,23,28)(H,24,29). The second kappa shape index (κ2) is 9.20. The van der Waals surface area contributed by atoms with Gasteiger partial charge < -0.3 is 20.1 Å². The molecule has 2 N–H and O–H groups in total. The predicted octanol–water partition coefficient (Wildman–Crippen LogP) is 2.77. The predicted molar refractivity (Wildman–Crippen MR) is 107 cm³/mol. The molecule has 31 heavy (non-hydrogen) atoms. The number of halogens is 2. The molecule has 11 heteroatoms. The van der Waals surface area contributed by atoms with E-state index in [1.54, 1.807) is 25.1 Å². The summed E-state index contributed by atoms with van der Waals surface area (Å²) in [6.07, 6.45) is 0. The molecule has 2 amide bonds. The summed E-state index contributed by atoms with van der Waals surface area (Å²) in [5.41, 5.74) is 0.812. The molecule has 0 aliphatic heterocycles. The average molecular weight is 431 g/mol. The molecule has 0 aliphatic carbocycles. The van der Waals surface area contributed by atoms with Crippen LogP contribution in [0, 0.1) is 18.6 Å². The maximum absolute atomic E-state index is 13.3. The Hall–Kier alpha value is -4.02. The lowest BCUT2D eigenvalue weighted by Crippen LogP contribution is -2.21. The van der Waals surface area contributed by atoms with Crippen LogP contribution in [0.3, 0.4) is 0 Å². The molecule has 0 bridgehead atoms. The van der Waals surface area contributed by atoms with Gasteiger partial charge in [0.25, 0.3) is 5.91 Å². The molecule has 0 atom stereocenters. The van der Waals surface area contributed by atoms with Gasteiger partial charge in [-0.25, -0.2) is 13.5 Å². The van der Waals surface area contributed by atoms with Crippen molar-refractivity contribution in [2.45, 2.75) is 13.5 Å². The van der Waals surface area contributed by atoms with Crippen LogP contribution >= 0.6 is 0 Å². The number of ether oxygens (including phenoxy) is 2. The van der Waals surface area contributed by atoms with E-state index >= 15 is 0 Å². The third kappa shape index (κ3) is 4.94. The normalized spacial score (nSPS) is 10.5. The van der Waals surface area contributed by atoms with E-state index in [1.807, 2.05) is 0 Å². The molecule has 0 spiro atoms. The van der Waals surface area contributed by atoms with E-state index < -0.39 is 23.4 Å². The first kappa shape index (κ1) is 21.7. The number of methoxy groups -OCH3 is 2. The molecule has 3 rings (SSSR count). The molecular weight excluding hydrogens is 412 g/mol. The number of rotatable bonds is 7. The number of anilines is 2. The van der Waals surface area contributed by atoms with Crippen molar-refractivity contribution in [1.29, 1.82) is 0 Å². The number of carbonyl (C=O) groups excluding carboxylic acids is 2. The third-order valence-electron chi connectivity index (χ3n) is 4.34. The first-order valence-electron chi connectivity index (χ1n) is 9.00. The summed E-state index contributed by atoms with van der Waals surface area (Å²) in [6.45, 7) is 1.36. The molecule has 1 aromatic heterocycles. The number of nitrogens with zero attached hydrogens (tertiary/aromatic N) is 3. The van der Waals surface area contributed by atoms with Gasteiger partial charge in [0.1, 0.15) is 6.54 Å². The van der Waals surface area contributed by atoms with Crippen molar-refractivity contribution in [2.24, 2.45) is 0 Å². The van der Waals surface area contributed by atoms with Crippen molar-refractivity contribution in [3.63, 3.8) is 0 Å². The van der Waals surface area contributed by atoms with Crippen LogP contribution < -0.4 is 20.1 Å². The van der Waals surface area contributed by atoms with Gasteiger partial charge >= 0.3 is 0 Å². The fourth-order valence-corrected chi connectivity index (χ4v) is 2.74. The number of benzene rings is 2. The van der Waals surface area contributed by atoms with Crippen molar-refractivity contribution in [1.82, 2.24) is 15.0 Å². The Morgan fingerprint density at radius 3 is 2.32 bits per heavy atom. The third-order valence-corrected chi connectivity index (χ3v) is 4.34. The van der Waals surface area contributed by atoms with Crippen LogP contribution in [0.4, 0.5) is 20.2 Å². The molecule has 0 unspecified atom stereocenters. The number of carbonyl (C=O) groups is 2. The zero-order valence-electron chi connectivity index (χ0n) is 16.9. The van der Waals surface area contributed by atoms with Crippen LogP contribution in [0.25, 0.3) is 0 Å². The van der Waals surface area contributed by atoms with E-state index in [4.69, 9.17) is 9.47 Å². The Morgan fingerprint density at radius 2 is 1.65 bits per heavy atom. The van der Waals surface area contributed by atoms with E-state index in [9.17, 15) is 18.4 Å². The molecule has 9 nitrogen and oxygen atoms in total. The highest BCUT2D eigenvalue weighted by atomic mass is 19.2. The highest BCUT2D eigenvalue weighted by molar-refractivity contribution is 6.03. The van der Waals surface area contributed by atoms with E-state index in [1.165, 1.54) is 25.0 Å². The molecule has 162 valence electrons. The summed E-state index contributed by atoms with van der Waals surface area (Å²) in [6, 6.07) is 7.86. The lowest BCUT2D eigenvalue weighted by atomic mass is 10.2. The van der Waals surface area contributed by atoms with E-state index in [2.05, 4.69) is 20.9 Å². The second-order valence-corrected chi connectivity index (χ2v) is 6.38. The van der Waals surface area contributed by atoms with E-state index in [-0.39, 0.29) is 17.9 Å². The number of hydrogen-bond donors (Lipinski definition) is 2.